The first-order valence-corrected chi connectivity index (χ1v) is 16.9. The molecule has 0 amide bonds. The van der Waals surface area contributed by atoms with E-state index in [0.29, 0.717) is 11.8 Å². The third kappa shape index (κ3) is 7.26. The molecule has 251 valence electrons. The molecule has 4 nitrogen and oxygen atoms in total. The van der Waals surface area contributed by atoms with Gasteiger partial charge in [-0.15, -0.1) is 35.9 Å². The van der Waals surface area contributed by atoms with Crippen molar-refractivity contribution >= 4 is 22.0 Å². The Bertz CT molecular complexity index is 2240. The molecule has 0 fully saturated rings. The van der Waals surface area contributed by atoms with Crippen LogP contribution in [0.4, 0.5) is 0 Å². The van der Waals surface area contributed by atoms with Gasteiger partial charge in [0.05, 0.1) is 16.9 Å². The van der Waals surface area contributed by atoms with Crippen LogP contribution in [0.3, 0.4) is 0 Å². The van der Waals surface area contributed by atoms with Crippen LogP contribution in [-0.2, 0) is 26.5 Å². The third-order valence-electron chi connectivity index (χ3n) is 8.83. The number of hydrogen-bond donors (Lipinski definition) is 0. The molecule has 0 aliphatic heterocycles. The number of furan rings is 1. The van der Waals surface area contributed by atoms with Crippen molar-refractivity contribution in [2.75, 3.05) is 0 Å². The van der Waals surface area contributed by atoms with E-state index in [4.69, 9.17) is 9.40 Å². The van der Waals surface area contributed by atoms with Gasteiger partial charge in [0.25, 0.3) is 0 Å². The van der Waals surface area contributed by atoms with Crippen LogP contribution in [0.15, 0.2) is 144 Å². The van der Waals surface area contributed by atoms with E-state index in [2.05, 4.69) is 141 Å². The normalized spacial score (nSPS) is 11.1. The summed E-state index contributed by atoms with van der Waals surface area (Å²) in [5.41, 5.74) is 12.2. The number of rotatable bonds is 7. The van der Waals surface area contributed by atoms with E-state index < -0.39 is 0 Å². The van der Waals surface area contributed by atoms with Crippen LogP contribution in [0.5, 0.6) is 0 Å². The zero-order valence-corrected chi connectivity index (χ0v) is 31.1. The molecule has 0 atom stereocenters. The molecule has 1 radical (unpaired) electrons. The number of hydrogen-bond acceptors (Lipinski definition) is 3. The topological polar surface area (TPSA) is 43.9 Å². The van der Waals surface area contributed by atoms with Crippen molar-refractivity contribution in [1.29, 1.82) is 0 Å². The molecule has 0 saturated heterocycles. The number of benzene rings is 5. The Morgan fingerprint density at radius 3 is 2.12 bits per heavy atom. The number of para-hydroxylation sites is 3. The molecule has 5 aromatic carbocycles. The molecule has 0 unspecified atom stereocenters. The minimum Gasteiger partial charge on any atom is -0.557 e. The molecule has 8 aromatic rings. The predicted molar refractivity (Wildman–Crippen MR) is 201 cm³/mol. The van der Waals surface area contributed by atoms with Gasteiger partial charge in [-0.1, -0.05) is 135 Å². The molecule has 3 aromatic heterocycles. The smallest absolute Gasteiger partial charge is 0.0774 e. The van der Waals surface area contributed by atoms with Crippen molar-refractivity contribution in [2.45, 2.75) is 46.0 Å². The maximum absolute atomic E-state index is 5.97. The maximum atomic E-state index is 5.97. The molecule has 5 heteroatoms. The van der Waals surface area contributed by atoms with Gasteiger partial charge in [0, 0.05) is 43.8 Å². The average Bonchev–Trinajstić information content (AvgIpc) is 3.74. The SMILES string of the molecule is CC(C)c1cccc(C(C)C)c1-n1c(-c2[c-]oc3ccc(Cc4ccccc4)cc23)nc2ccccc21.[Ir].[c-]1ccccc1-c1ccccn1. The fourth-order valence-corrected chi connectivity index (χ4v) is 6.39. The summed E-state index contributed by atoms with van der Waals surface area (Å²) in [6.45, 7) is 9.04. The van der Waals surface area contributed by atoms with Gasteiger partial charge in [-0.25, -0.2) is 0 Å². The molecule has 3 heterocycles. The molecule has 8 rings (SSSR count). The van der Waals surface area contributed by atoms with Crippen LogP contribution in [0, 0.1) is 12.3 Å². The fourth-order valence-electron chi connectivity index (χ4n) is 6.39. The number of nitrogens with zero attached hydrogens (tertiary/aromatic N) is 3. The molecule has 0 bridgehead atoms. The largest absolute Gasteiger partial charge is 0.557 e. The van der Waals surface area contributed by atoms with Gasteiger partial charge in [0.2, 0.25) is 0 Å². The van der Waals surface area contributed by atoms with Crippen molar-refractivity contribution in [1.82, 2.24) is 14.5 Å². The van der Waals surface area contributed by atoms with Gasteiger partial charge < -0.3 is 14.0 Å². The van der Waals surface area contributed by atoms with Crippen LogP contribution < -0.4 is 0 Å². The monoisotopic (exact) mass is 830 g/mol. The van der Waals surface area contributed by atoms with Crippen molar-refractivity contribution in [3.8, 4) is 28.3 Å². The fraction of sp³-hybridized carbons (Fsp3) is 0.156. The van der Waals surface area contributed by atoms with E-state index in [1.54, 1.807) is 6.20 Å². The number of imidazole rings is 1. The Labute approximate surface area is 308 Å². The Hall–Kier alpha value is -5.09. The molecule has 0 aliphatic carbocycles. The van der Waals surface area contributed by atoms with E-state index in [1.807, 2.05) is 42.5 Å². The van der Waals surface area contributed by atoms with E-state index in [9.17, 15) is 0 Å². The first kappa shape index (κ1) is 34.8. The third-order valence-corrected chi connectivity index (χ3v) is 8.83. The molecule has 0 N–H and O–H groups in total. The van der Waals surface area contributed by atoms with E-state index in [1.165, 1.54) is 27.9 Å². The molecule has 0 saturated carbocycles. The first-order valence-electron chi connectivity index (χ1n) is 16.9. The summed E-state index contributed by atoms with van der Waals surface area (Å²) >= 11 is 0. The van der Waals surface area contributed by atoms with Gasteiger partial charge in [0.1, 0.15) is 0 Å². The quantitative estimate of drug-likeness (QED) is 0.150. The summed E-state index contributed by atoms with van der Waals surface area (Å²) in [6, 6.07) is 48.9. The van der Waals surface area contributed by atoms with Crippen LogP contribution in [0.2, 0.25) is 0 Å². The van der Waals surface area contributed by atoms with Gasteiger partial charge in [0.15, 0.2) is 0 Å². The Morgan fingerprint density at radius 2 is 1.42 bits per heavy atom. The van der Waals surface area contributed by atoms with Gasteiger partial charge in [-0.2, -0.15) is 0 Å². The van der Waals surface area contributed by atoms with Crippen LogP contribution >= 0.6 is 0 Å². The van der Waals surface area contributed by atoms with Gasteiger partial charge in [-0.05, 0) is 58.8 Å². The summed E-state index contributed by atoms with van der Waals surface area (Å²) in [4.78, 5) is 9.39. The molecule has 50 heavy (non-hydrogen) atoms. The Kier molecular flexibility index (Phi) is 10.9. The second kappa shape index (κ2) is 15.6. The minimum absolute atomic E-state index is 0. The second-order valence-electron chi connectivity index (χ2n) is 12.9. The van der Waals surface area contributed by atoms with E-state index >= 15 is 0 Å². The number of fused-ring (bicyclic) bond motifs is 2. The molecular formula is C45H39IrN3O-2. The second-order valence-corrected chi connectivity index (χ2v) is 12.9. The number of aromatic nitrogens is 3. The average molecular weight is 830 g/mol. The maximum Gasteiger partial charge on any atom is 0.0774 e. The van der Waals surface area contributed by atoms with Gasteiger partial charge >= 0.3 is 0 Å². The van der Waals surface area contributed by atoms with Crippen LogP contribution in [-0.4, -0.2) is 14.5 Å². The minimum atomic E-state index is 0. The molecule has 0 aliphatic rings. The summed E-state index contributed by atoms with van der Waals surface area (Å²) in [6.07, 6.45) is 5.89. The summed E-state index contributed by atoms with van der Waals surface area (Å²) in [5.74, 6) is 1.60. The summed E-state index contributed by atoms with van der Waals surface area (Å²) < 4.78 is 8.31. The van der Waals surface area contributed by atoms with Crippen LogP contribution in [0.1, 0.15) is 61.8 Å². The molecule has 0 spiro atoms. The van der Waals surface area contributed by atoms with Crippen molar-refractivity contribution in [2.24, 2.45) is 0 Å². The summed E-state index contributed by atoms with van der Waals surface area (Å²) in [7, 11) is 0. The van der Waals surface area contributed by atoms with E-state index in [-0.39, 0.29) is 20.1 Å². The van der Waals surface area contributed by atoms with Gasteiger partial charge in [-0.3, -0.25) is 4.98 Å². The van der Waals surface area contributed by atoms with E-state index in [0.717, 1.165) is 51.1 Å². The first-order chi connectivity index (χ1) is 24.0. The van der Waals surface area contributed by atoms with Crippen molar-refractivity contribution < 1.29 is 24.5 Å². The zero-order chi connectivity index (χ0) is 33.7. The predicted octanol–water partition coefficient (Wildman–Crippen LogP) is 11.6. The summed E-state index contributed by atoms with van der Waals surface area (Å²) in [5, 5.41) is 1.04. The zero-order valence-electron chi connectivity index (χ0n) is 28.7. The Balaban J connectivity index is 0.000000281. The Morgan fingerprint density at radius 1 is 0.700 bits per heavy atom. The van der Waals surface area contributed by atoms with Crippen molar-refractivity contribution in [3.63, 3.8) is 0 Å². The standard InChI is InChI=1S/C34H31N2O.C11H8N.Ir/c1-22(2)26-13-10-14-27(23(3)4)33(26)36-31-16-9-8-15-30(31)35-34(36)29-21-37-32-18-17-25(20-28(29)32)19-24-11-6-5-7-12-24;1-2-6-10(7-3-1)11-8-4-5-9-12-11;/h5-18,20,22-23H,19H2,1-4H3;1-6,8-9H;/q2*-1;. The van der Waals surface area contributed by atoms with Crippen molar-refractivity contribution in [3.05, 3.63) is 174 Å². The molecular weight excluding hydrogens is 791 g/mol. The van der Waals surface area contributed by atoms with Crippen LogP contribution in [0.25, 0.3) is 50.3 Å². The number of pyridine rings is 1.